The number of thiophene rings is 1. The average Bonchev–Trinajstić information content (AvgIpc) is 2.74. The molecule has 0 saturated heterocycles. The number of hydrogen-bond donors (Lipinski definition) is 1. The zero-order valence-corrected chi connectivity index (χ0v) is 13.4. The predicted octanol–water partition coefficient (Wildman–Crippen LogP) is 3.31. The molecule has 106 valence electrons. The maximum Gasteiger partial charge on any atom is 0.265 e. The smallest absolute Gasteiger partial charge is 0.265 e. The van der Waals surface area contributed by atoms with Crippen LogP contribution in [0, 0.1) is 5.82 Å². The molecule has 0 saturated carbocycles. The van der Waals surface area contributed by atoms with Gasteiger partial charge in [0.15, 0.2) is 9.84 Å². The fourth-order valence-electron chi connectivity index (χ4n) is 1.47. The summed E-state index contributed by atoms with van der Waals surface area (Å²) in [5.41, 5.74) is 0.0972. The van der Waals surface area contributed by atoms with Gasteiger partial charge in [0.1, 0.15) is 5.82 Å². The summed E-state index contributed by atoms with van der Waals surface area (Å²) < 4.78 is 37.0. The molecule has 0 radical (unpaired) electrons. The Morgan fingerprint density at radius 2 is 2.00 bits per heavy atom. The number of carbonyl (C=O) groups is 1. The van der Waals surface area contributed by atoms with Gasteiger partial charge in [0, 0.05) is 21.8 Å². The van der Waals surface area contributed by atoms with Crippen molar-refractivity contribution < 1.29 is 17.6 Å². The van der Waals surface area contributed by atoms with Crippen LogP contribution in [0.4, 0.5) is 10.1 Å². The molecule has 1 N–H and O–H groups in total. The van der Waals surface area contributed by atoms with Gasteiger partial charge in [-0.2, -0.15) is 0 Å². The Balaban J connectivity index is 2.30. The first kappa shape index (κ1) is 15.1. The largest absolute Gasteiger partial charge is 0.321 e. The molecular weight excluding hydrogens is 369 g/mol. The normalized spacial score (nSPS) is 11.3. The molecule has 0 spiro atoms. The molecule has 0 bridgehead atoms. The van der Waals surface area contributed by atoms with Gasteiger partial charge in [-0.3, -0.25) is 4.79 Å². The van der Waals surface area contributed by atoms with E-state index >= 15 is 0 Å². The summed E-state index contributed by atoms with van der Waals surface area (Å²) >= 11 is 4.45. The van der Waals surface area contributed by atoms with Crippen LogP contribution in [-0.2, 0) is 9.84 Å². The van der Waals surface area contributed by atoms with Crippen molar-refractivity contribution in [2.45, 2.75) is 4.90 Å². The van der Waals surface area contributed by atoms with E-state index in [1.165, 1.54) is 17.4 Å². The van der Waals surface area contributed by atoms with Crippen LogP contribution in [0.2, 0.25) is 0 Å². The zero-order chi connectivity index (χ0) is 14.9. The summed E-state index contributed by atoms with van der Waals surface area (Å²) in [5.74, 6) is -1.15. The third-order valence-electron chi connectivity index (χ3n) is 2.35. The zero-order valence-electron chi connectivity index (χ0n) is 10.2. The molecule has 1 heterocycles. The Bertz CT molecular complexity index is 771. The summed E-state index contributed by atoms with van der Waals surface area (Å²) in [6.45, 7) is 0. The van der Waals surface area contributed by atoms with Gasteiger partial charge in [0.25, 0.3) is 5.91 Å². The third-order valence-corrected chi connectivity index (χ3v) is 5.13. The first-order valence-corrected chi connectivity index (χ1v) is 8.88. The van der Waals surface area contributed by atoms with E-state index in [1.807, 2.05) is 0 Å². The van der Waals surface area contributed by atoms with Gasteiger partial charge in [0.05, 0.1) is 9.77 Å². The minimum atomic E-state index is -3.54. The highest BCUT2D eigenvalue weighted by atomic mass is 79.9. The van der Waals surface area contributed by atoms with Crippen molar-refractivity contribution in [3.05, 3.63) is 44.8 Å². The number of benzene rings is 1. The molecule has 1 amide bonds. The molecule has 0 aliphatic carbocycles. The lowest BCUT2D eigenvalue weighted by atomic mass is 10.3. The third kappa shape index (κ3) is 3.65. The van der Waals surface area contributed by atoms with Crippen LogP contribution in [0.15, 0.2) is 39.0 Å². The number of nitrogens with one attached hydrogen (secondary N) is 1. The quantitative estimate of drug-likeness (QED) is 0.892. The van der Waals surface area contributed by atoms with Gasteiger partial charge in [-0.1, -0.05) is 0 Å². The van der Waals surface area contributed by atoms with Crippen molar-refractivity contribution in [1.29, 1.82) is 0 Å². The van der Waals surface area contributed by atoms with Crippen molar-refractivity contribution in [1.82, 2.24) is 0 Å². The second-order valence-corrected chi connectivity index (χ2v) is 7.87. The van der Waals surface area contributed by atoms with Crippen LogP contribution in [0.3, 0.4) is 0 Å². The van der Waals surface area contributed by atoms with Gasteiger partial charge in [0.2, 0.25) is 0 Å². The van der Waals surface area contributed by atoms with Gasteiger partial charge in [-0.25, -0.2) is 12.8 Å². The monoisotopic (exact) mass is 377 g/mol. The summed E-state index contributed by atoms with van der Waals surface area (Å²) in [7, 11) is -3.54. The topological polar surface area (TPSA) is 63.2 Å². The van der Waals surface area contributed by atoms with E-state index in [0.29, 0.717) is 4.88 Å². The van der Waals surface area contributed by atoms with E-state index in [4.69, 9.17) is 0 Å². The molecule has 0 aliphatic rings. The molecule has 2 aromatic rings. The first-order chi connectivity index (χ1) is 9.25. The molecule has 0 fully saturated rings. The van der Waals surface area contributed by atoms with Gasteiger partial charge >= 0.3 is 0 Å². The Hall–Kier alpha value is -1.25. The Morgan fingerprint density at radius 1 is 1.30 bits per heavy atom. The fourth-order valence-corrected chi connectivity index (χ4v) is 3.46. The lowest BCUT2D eigenvalue weighted by Gasteiger charge is -2.06. The van der Waals surface area contributed by atoms with Crippen molar-refractivity contribution in [3.63, 3.8) is 0 Å². The highest BCUT2D eigenvalue weighted by Gasteiger charge is 2.13. The van der Waals surface area contributed by atoms with E-state index < -0.39 is 21.6 Å². The average molecular weight is 378 g/mol. The van der Waals surface area contributed by atoms with E-state index in [-0.39, 0.29) is 10.6 Å². The standard InChI is InChI=1S/C12H9BrFNO3S2/c1-20(17,18)10-4-8(14)3-9(5-10)15-12(16)11-2-7(13)6-19-11/h2-6H,1H3,(H,15,16). The molecule has 4 nitrogen and oxygen atoms in total. The maximum absolute atomic E-state index is 13.4. The molecule has 20 heavy (non-hydrogen) atoms. The molecule has 0 aliphatic heterocycles. The van der Waals surface area contributed by atoms with Gasteiger partial charge < -0.3 is 5.32 Å². The second-order valence-electron chi connectivity index (χ2n) is 4.03. The first-order valence-electron chi connectivity index (χ1n) is 5.32. The van der Waals surface area contributed by atoms with E-state index in [9.17, 15) is 17.6 Å². The molecule has 2 rings (SSSR count). The SMILES string of the molecule is CS(=O)(=O)c1cc(F)cc(NC(=O)c2cc(Br)cs2)c1. The summed E-state index contributed by atoms with van der Waals surface area (Å²) in [6, 6.07) is 4.82. The molecule has 1 aromatic heterocycles. The van der Waals surface area contributed by atoms with Crippen molar-refractivity contribution in [2.75, 3.05) is 11.6 Å². The van der Waals surface area contributed by atoms with Crippen LogP contribution >= 0.6 is 27.3 Å². The van der Waals surface area contributed by atoms with Crippen LogP contribution in [0.5, 0.6) is 0 Å². The van der Waals surface area contributed by atoms with Crippen LogP contribution in [0.1, 0.15) is 9.67 Å². The van der Waals surface area contributed by atoms with Crippen molar-refractivity contribution in [2.24, 2.45) is 0 Å². The highest BCUT2D eigenvalue weighted by molar-refractivity contribution is 9.10. The lowest BCUT2D eigenvalue weighted by Crippen LogP contribution is -2.11. The summed E-state index contributed by atoms with van der Waals surface area (Å²) in [6.07, 6.45) is 0.976. The Kier molecular flexibility index (Phi) is 4.26. The Labute approximate surface area is 127 Å². The van der Waals surface area contributed by atoms with E-state index in [2.05, 4.69) is 21.2 Å². The van der Waals surface area contributed by atoms with Gasteiger partial charge in [-0.05, 0) is 40.2 Å². The summed E-state index contributed by atoms with van der Waals surface area (Å²) in [4.78, 5) is 12.2. The molecule has 0 atom stereocenters. The minimum Gasteiger partial charge on any atom is -0.321 e. The van der Waals surface area contributed by atoms with Crippen LogP contribution in [-0.4, -0.2) is 20.6 Å². The van der Waals surface area contributed by atoms with Crippen molar-refractivity contribution >= 4 is 48.7 Å². The predicted molar refractivity (Wildman–Crippen MR) is 79.5 cm³/mol. The van der Waals surface area contributed by atoms with E-state index in [1.54, 1.807) is 11.4 Å². The number of anilines is 1. The summed E-state index contributed by atoms with van der Waals surface area (Å²) in [5, 5.41) is 4.21. The van der Waals surface area contributed by atoms with Crippen molar-refractivity contribution in [3.8, 4) is 0 Å². The van der Waals surface area contributed by atoms with E-state index in [0.717, 1.165) is 22.9 Å². The minimum absolute atomic E-state index is 0.0972. The number of sulfone groups is 1. The number of rotatable bonds is 3. The van der Waals surface area contributed by atoms with Crippen LogP contribution < -0.4 is 5.32 Å². The fraction of sp³-hybridized carbons (Fsp3) is 0.0833. The number of carbonyl (C=O) groups excluding carboxylic acids is 1. The lowest BCUT2D eigenvalue weighted by molar-refractivity contribution is 0.103. The number of hydrogen-bond acceptors (Lipinski definition) is 4. The van der Waals surface area contributed by atoms with Gasteiger partial charge in [-0.15, -0.1) is 11.3 Å². The molecule has 0 unspecified atom stereocenters. The molecule has 1 aromatic carbocycles. The number of halogens is 2. The maximum atomic E-state index is 13.4. The second kappa shape index (κ2) is 5.63. The number of amides is 1. The Morgan fingerprint density at radius 3 is 2.55 bits per heavy atom. The highest BCUT2D eigenvalue weighted by Crippen LogP contribution is 2.22. The van der Waals surface area contributed by atoms with Crippen LogP contribution in [0.25, 0.3) is 0 Å². The molecular formula is C12H9BrFNO3S2. The molecule has 8 heteroatoms.